The van der Waals surface area contributed by atoms with Crippen LogP contribution in [0.25, 0.3) is 0 Å². The van der Waals surface area contributed by atoms with Crippen LogP contribution < -0.4 is 10.1 Å². The summed E-state index contributed by atoms with van der Waals surface area (Å²) in [5.41, 5.74) is 1.37. The zero-order valence-corrected chi connectivity index (χ0v) is 14.1. The van der Waals surface area contributed by atoms with Crippen molar-refractivity contribution in [3.05, 3.63) is 48.5 Å². The van der Waals surface area contributed by atoms with E-state index >= 15 is 0 Å². The molecule has 0 amide bonds. The second-order valence-corrected chi connectivity index (χ2v) is 7.04. The summed E-state index contributed by atoms with van der Waals surface area (Å²) in [6.45, 7) is 6.14. The van der Waals surface area contributed by atoms with E-state index in [1.54, 1.807) is 6.20 Å². The van der Waals surface area contributed by atoms with Crippen molar-refractivity contribution in [1.29, 1.82) is 0 Å². The Morgan fingerprint density at radius 3 is 2.83 bits per heavy atom. The highest BCUT2D eigenvalue weighted by Gasteiger charge is 2.28. The van der Waals surface area contributed by atoms with Gasteiger partial charge in [-0.3, -0.25) is 4.90 Å². The van der Waals surface area contributed by atoms with E-state index in [0.717, 1.165) is 24.8 Å². The standard InChI is InChI=1S/C19H26N4O/c1-4-18-14-23(13-17(1)11-21-18)12-16-2-5-19(6-3-16)24-10-9-22-8-7-20-15-22/h2-3,5-8,15,17-18,21H,1,4,9-14H2/t17-,18-/m0/s1. The van der Waals surface area contributed by atoms with E-state index in [1.165, 1.54) is 38.0 Å². The summed E-state index contributed by atoms with van der Waals surface area (Å²) in [6.07, 6.45) is 8.29. The number of piperidine rings is 1. The van der Waals surface area contributed by atoms with Crippen LogP contribution in [0.1, 0.15) is 18.4 Å². The number of aromatic nitrogens is 2. The van der Waals surface area contributed by atoms with Crippen molar-refractivity contribution in [1.82, 2.24) is 19.8 Å². The molecule has 0 unspecified atom stereocenters. The molecule has 2 aromatic rings. The van der Waals surface area contributed by atoms with Gasteiger partial charge in [0.05, 0.1) is 12.9 Å². The van der Waals surface area contributed by atoms with E-state index in [1.807, 2.05) is 17.1 Å². The van der Waals surface area contributed by atoms with Crippen molar-refractivity contribution in [2.45, 2.75) is 32.0 Å². The third kappa shape index (κ3) is 3.97. The molecule has 0 aliphatic carbocycles. The molecule has 0 radical (unpaired) electrons. The molecule has 2 bridgehead atoms. The first kappa shape index (κ1) is 15.7. The van der Waals surface area contributed by atoms with Gasteiger partial charge in [0.25, 0.3) is 0 Å². The van der Waals surface area contributed by atoms with Gasteiger partial charge in [-0.25, -0.2) is 4.98 Å². The highest BCUT2D eigenvalue weighted by Crippen LogP contribution is 2.23. The van der Waals surface area contributed by atoms with Crippen molar-refractivity contribution in [2.24, 2.45) is 5.92 Å². The van der Waals surface area contributed by atoms with Gasteiger partial charge in [0.1, 0.15) is 12.4 Å². The fourth-order valence-electron chi connectivity index (χ4n) is 3.80. The zero-order valence-electron chi connectivity index (χ0n) is 14.1. The number of fused-ring (bicyclic) bond motifs is 4. The molecular formula is C19H26N4O. The van der Waals surface area contributed by atoms with E-state index in [4.69, 9.17) is 4.74 Å². The summed E-state index contributed by atoms with van der Waals surface area (Å²) in [5.74, 6) is 1.77. The Balaban J connectivity index is 1.27. The first-order valence-corrected chi connectivity index (χ1v) is 8.98. The van der Waals surface area contributed by atoms with E-state index in [-0.39, 0.29) is 0 Å². The molecule has 128 valence electrons. The molecule has 5 rings (SSSR count). The Kier molecular flexibility index (Phi) is 4.81. The van der Waals surface area contributed by atoms with Crippen LogP contribution in [0.15, 0.2) is 43.0 Å². The number of nitrogens with zero attached hydrogens (tertiary/aromatic N) is 3. The lowest BCUT2D eigenvalue weighted by atomic mass is 9.97. The average molecular weight is 326 g/mol. The van der Waals surface area contributed by atoms with E-state index in [9.17, 15) is 0 Å². The van der Waals surface area contributed by atoms with Gasteiger partial charge in [0, 0.05) is 38.1 Å². The van der Waals surface area contributed by atoms with Crippen LogP contribution in [0.3, 0.4) is 0 Å². The second kappa shape index (κ2) is 7.36. The Labute approximate surface area is 143 Å². The minimum atomic E-state index is 0.664. The summed E-state index contributed by atoms with van der Waals surface area (Å²) >= 11 is 0. The minimum Gasteiger partial charge on any atom is -0.492 e. The highest BCUT2D eigenvalue weighted by molar-refractivity contribution is 5.27. The van der Waals surface area contributed by atoms with Crippen LogP contribution in [0.5, 0.6) is 5.75 Å². The number of rotatable bonds is 6. The molecule has 1 aromatic carbocycles. The summed E-state index contributed by atoms with van der Waals surface area (Å²) in [4.78, 5) is 6.64. The van der Waals surface area contributed by atoms with E-state index < -0.39 is 0 Å². The lowest BCUT2D eigenvalue weighted by molar-refractivity contribution is 0.255. The Bertz CT molecular complexity index is 603. The topological polar surface area (TPSA) is 42.3 Å². The summed E-state index contributed by atoms with van der Waals surface area (Å²) in [7, 11) is 0. The molecule has 1 N–H and O–H groups in total. The number of ether oxygens (including phenoxy) is 1. The van der Waals surface area contributed by atoms with Gasteiger partial charge >= 0.3 is 0 Å². The maximum Gasteiger partial charge on any atom is 0.119 e. The van der Waals surface area contributed by atoms with Gasteiger partial charge in [0.2, 0.25) is 0 Å². The third-order valence-corrected chi connectivity index (χ3v) is 5.12. The molecular weight excluding hydrogens is 300 g/mol. The van der Waals surface area contributed by atoms with Crippen LogP contribution in [0, 0.1) is 5.92 Å². The number of hydrogen-bond acceptors (Lipinski definition) is 4. The molecule has 0 spiro atoms. The summed E-state index contributed by atoms with van der Waals surface area (Å²) in [6, 6.07) is 9.27. The Morgan fingerprint density at radius 1 is 1.17 bits per heavy atom. The summed E-state index contributed by atoms with van der Waals surface area (Å²) < 4.78 is 7.84. The van der Waals surface area contributed by atoms with Crippen LogP contribution in [0.4, 0.5) is 0 Å². The van der Waals surface area contributed by atoms with Crippen molar-refractivity contribution in [3.8, 4) is 5.75 Å². The first-order chi connectivity index (χ1) is 11.8. The third-order valence-electron chi connectivity index (χ3n) is 5.12. The zero-order chi connectivity index (χ0) is 16.2. The SMILES string of the molecule is c1cn(CCOc2ccc(CN3C[C@H]4CC[C@@H](C3)NC4)cc2)cn1. The maximum absolute atomic E-state index is 5.82. The molecule has 3 aliphatic heterocycles. The monoisotopic (exact) mass is 326 g/mol. The molecule has 24 heavy (non-hydrogen) atoms. The molecule has 3 saturated heterocycles. The fourth-order valence-corrected chi connectivity index (χ4v) is 3.80. The quantitative estimate of drug-likeness (QED) is 0.883. The smallest absolute Gasteiger partial charge is 0.119 e. The lowest BCUT2D eigenvalue weighted by Crippen LogP contribution is -2.39. The normalized spacial score (nSPS) is 24.0. The van der Waals surface area contributed by atoms with Gasteiger partial charge in [-0.05, 0) is 43.0 Å². The largest absolute Gasteiger partial charge is 0.492 e. The Hall–Kier alpha value is -1.85. The predicted octanol–water partition coefficient (Wildman–Crippen LogP) is 2.15. The van der Waals surface area contributed by atoms with Crippen LogP contribution in [0.2, 0.25) is 0 Å². The van der Waals surface area contributed by atoms with E-state index in [0.29, 0.717) is 12.6 Å². The van der Waals surface area contributed by atoms with Crippen molar-refractivity contribution >= 4 is 0 Å². The van der Waals surface area contributed by atoms with Gasteiger partial charge < -0.3 is 14.6 Å². The average Bonchev–Trinajstić information content (AvgIpc) is 2.96. The number of imidazole rings is 1. The van der Waals surface area contributed by atoms with Crippen LogP contribution in [-0.2, 0) is 13.1 Å². The minimum absolute atomic E-state index is 0.664. The molecule has 4 heterocycles. The molecule has 3 aliphatic rings. The Morgan fingerprint density at radius 2 is 2.08 bits per heavy atom. The maximum atomic E-state index is 5.82. The van der Waals surface area contributed by atoms with Crippen LogP contribution >= 0.6 is 0 Å². The van der Waals surface area contributed by atoms with Crippen LogP contribution in [-0.4, -0.2) is 46.7 Å². The second-order valence-electron chi connectivity index (χ2n) is 7.04. The van der Waals surface area contributed by atoms with E-state index in [2.05, 4.69) is 39.5 Å². The molecule has 1 aromatic heterocycles. The van der Waals surface area contributed by atoms with Gasteiger partial charge in [-0.1, -0.05) is 12.1 Å². The molecule has 2 atom stereocenters. The summed E-state index contributed by atoms with van der Waals surface area (Å²) in [5, 5.41) is 3.67. The molecule has 3 fully saturated rings. The lowest BCUT2D eigenvalue weighted by Gasteiger charge is -2.23. The molecule has 0 saturated carbocycles. The first-order valence-electron chi connectivity index (χ1n) is 8.98. The fraction of sp³-hybridized carbons (Fsp3) is 0.526. The highest BCUT2D eigenvalue weighted by atomic mass is 16.5. The predicted molar refractivity (Wildman–Crippen MR) is 94.0 cm³/mol. The van der Waals surface area contributed by atoms with Gasteiger partial charge in [-0.2, -0.15) is 0 Å². The molecule has 5 heteroatoms. The van der Waals surface area contributed by atoms with Crippen molar-refractivity contribution < 1.29 is 4.74 Å². The number of benzene rings is 1. The number of nitrogens with one attached hydrogen (secondary N) is 1. The van der Waals surface area contributed by atoms with Crippen molar-refractivity contribution in [3.63, 3.8) is 0 Å². The molecule has 5 nitrogen and oxygen atoms in total. The van der Waals surface area contributed by atoms with Crippen molar-refractivity contribution in [2.75, 3.05) is 26.2 Å². The van der Waals surface area contributed by atoms with Gasteiger partial charge in [-0.15, -0.1) is 0 Å². The number of hydrogen-bond donors (Lipinski definition) is 1. The van der Waals surface area contributed by atoms with Gasteiger partial charge in [0.15, 0.2) is 0 Å².